The maximum Gasteiger partial charge on any atom is 0.192 e. The molecule has 5 N–H and O–H groups in total. The first-order valence-corrected chi connectivity index (χ1v) is 9.44. The highest BCUT2D eigenvalue weighted by atomic mass is 19.1. The van der Waals surface area contributed by atoms with E-state index in [0.29, 0.717) is 42.3 Å². The van der Waals surface area contributed by atoms with Crippen LogP contribution in [0.1, 0.15) is 30.0 Å². The van der Waals surface area contributed by atoms with E-state index >= 15 is 4.39 Å². The number of allylic oxidation sites excluding steroid dienone is 2. The minimum Gasteiger partial charge on any atom is -0.492 e. The van der Waals surface area contributed by atoms with Crippen molar-refractivity contribution in [2.45, 2.75) is 31.7 Å². The molecular formula is C20H25F2N5O. The van der Waals surface area contributed by atoms with Crippen molar-refractivity contribution in [3.63, 3.8) is 0 Å². The van der Waals surface area contributed by atoms with Crippen molar-refractivity contribution in [3.8, 4) is 5.75 Å². The first-order chi connectivity index (χ1) is 13.4. The average Bonchev–Trinajstić information content (AvgIpc) is 3.00. The minimum atomic E-state index is -1.37. The Bertz CT molecular complexity index is 895. The predicted octanol–water partition coefficient (Wildman–Crippen LogP) is 1.67. The van der Waals surface area contributed by atoms with Gasteiger partial charge in [-0.2, -0.15) is 0 Å². The second-order valence-electron chi connectivity index (χ2n) is 7.38. The third kappa shape index (κ3) is 3.27. The quantitative estimate of drug-likeness (QED) is 0.619. The number of nitrogens with zero attached hydrogens (tertiary/aromatic N) is 1. The van der Waals surface area contributed by atoms with Crippen LogP contribution in [-0.4, -0.2) is 38.8 Å². The number of fused-ring (bicyclic) bond motifs is 1. The van der Waals surface area contributed by atoms with Gasteiger partial charge >= 0.3 is 0 Å². The van der Waals surface area contributed by atoms with Gasteiger partial charge in [0, 0.05) is 44.2 Å². The number of benzene rings is 1. The zero-order valence-corrected chi connectivity index (χ0v) is 16.0. The Labute approximate surface area is 162 Å². The number of hydrogen-bond acceptors (Lipinski definition) is 5. The molecule has 150 valence electrons. The number of alkyl halides is 1. The highest BCUT2D eigenvalue weighted by Crippen LogP contribution is 2.41. The summed E-state index contributed by atoms with van der Waals surface area (Å²) in [7, 11) is 1.64. The Morgan fingerprint density at radius 1 is 1.36 bits per heavy atom. The molecule has 3 aliphatic heterocycles. The van der Waals surface area contributed by atoms with Crippen LogP contribution in [0.3, 0.4) is 0 Å². The van der Waals surface area contributed by atoms with Crippen LogP contribution in [0.15, 0.2) is 28.9 Å². The van der Waals surface area contributed by atoms with E-state index in [4.69, 9.17) is 10.5 Å². The van der Waals surface area contributed by atoms with E-state index in [-0.39, 0.29) is 18.5 Å². The Kier molecular flexibility index (Phi) is 4.84. The standard InChI is InChI=1S/C20H25F2N5O/c1-11-7-16(24-2)27-20(23,26-11)15-9-13-4-6-28-19(13)17(18(15)22)12-3-5-25-10-14(21)8-12/h3,7,9,14,25-26H,4-6,8,10,23H2,1-2H3,(H,24,27)/t14-,20?/m1/s1. The Balaban J connectivity index is 1.87. The fraction of sp³-hybridized carbons (Fsp3) is 0.450. The maximum atomic E-state index is 15.9. The van der Waals surface area contributed by atoms with Gasteiger partial charge < -0.3 is 20.7 Å². The lowest BCUT2D eigenvalue weighted by atomic mass is 9.91. The zero-order chi connectivity index (χ0) is 19.9. The van der Waals surface area contributed by atoms with Crippen LogP contribution < -0.4 is 26.4 Å². The molecule has 0 aliphatic carbocycles. The number of nitrogens with one attached hydrogen (secondary N) is 3. The first-order valence-electron chi connectivity index (χ1n) is 9.44. The van der Waals surface area contributed by atoms with E-state index in [1.54, 1.807) is 19.2 Å². The fourth-order valence-corrected chi connectivity index (χ4v) is 4.00. The molecule has 0 saturated heterocycles. The number of rotatable bonds is 2. The van der Waals surface area contributed by atoms with E-state index < -0.39 is 17.8 Å². The molecule has 3 aliphatic rings. The molecule has 0 spiro atoms. The van der Waals surface area contributed by atoms with Crippen molar-refractivity contribution in [3.05, 3.63) is 46.4 Å². The van der Waals surface area contributed by atoms with Crippen LogP contribution >= 0.6 is 0 Å². The summed E-state index contributed by atoms with van der Waals surface area (Å²) in [4.78, 5) is 4.15. The third-order valence-electron chi connectivity index (χ3n) is 5.27. The highest BCUT2D eigenvalue weighted by Gasteiger charge is 2.38. The van der Waals surface area contributed by atoms with E-state index in [2.05, 4.69) is 20.9 Å². The van der Waals surface area contributed by atoms with Crippen molar-refractivity contribution in [1.82, 2.24) is 16.0 Å². The van der Waals surface area contributed by atoms with Crippen molar-refractivity contribution in [1.29, 1.82) is 0 Å². The zero-order valence-electron chi connectivity index (χ0n) is 16.0. The van der Waals surface area contributed by atoms with Gasteiger partial charge in [-0.1, -0.05) is 6.08 Å². The summed E-state index contributed by atoms with van der Waals surface area (Å²) in [6.07, 6.45) is 3.32. The van der Waals surface area contributed by atoms with Gasteiger partial charge in [-0.25, -0.2) is 8.78 Å². The van der Waals surface area contributed by atoms with Crippen LogP contribution in [0.2, 0.25) is 0 Å². The minimum absolute atomic E-state index is 0.127. The summed E-state index contributed by atoms with van der Waals surface area (Å²) in [5.74, 6) is -0.826. The van der Waals surface area contributed by atoms with Crippen molar-refractivity contribution in [2.24, 2.45) is 10.7 Å². The van der Waals surface area contributed by atoms with Crippen molar-refractivity contribution < 1.29 is 13.5 Å². The normalized spacial score (nSPS) is 28.5. The molecule has 3 heterocycles. The first kappa shape index (κ1) is 18.9. The lowest BCUT2D eigenvalue weighted by Crippen LogP contribution is -2.64. The lowest BCUT2D eigenvalue weighted by molar-refractivity contribution is 0.322. The Morgan fingerprint density at radius 3 is 2.96 bits per heavy atom. The summed E-state index contributed by atoms with van der Waals surface area (Å²) in [5.41, 5.74) is 9.37. The second-order valence-corrected chi connectivity index (χ2v) is 7.38. The van der Waals surface area contributed by atoms with Gasteiger partial charge in [-0.3, -0.25) is 10.7 Å². The number of halogens is 2. The molecule has 0 saturated carbocycles. The van der Waals surface area contributed by atoms with Gasteiger partial charge in [0.1, 0.15) is 23.6 Å². The van der Waals surface area contributed by atoms with Gasteiger partial charge in [0.15, 0.2) is 5.79 Å². The molecule has 0 amide bonds. The molecule has 0 fully saturated rings. The van der Waals surface area contributed by atoms with E-state index in [1.165, 1.54) is 0 Å². The van der Waals surface area contributed by atoms with Gasteiger partial charge in [0.05, 0.1) is 12.2 Å². The van der Waals surface area contributed by atoms with E-state index in [0.717, 1.165) is 11.3 Å². The van der Waals surface area contributed by atoms with Gasteiger partial charge in [0.25, 0.3) is 0 Å². The molecule has 8 heteroatoms. The molecule has 6 nitrogen and oxygen atoms in total. The molecule has 0 bridgehead atoms. The third-order valence-corrected chi connectivity index (χ3v) is 5.27. The molecule has 1 aromatic rings. The second kappa shape index (κ2) is 7.18. The number of nitrogens with two attached hydrogens (primary N) is 1. The van der Waals surface area contributed by atoms with Crippen molar-refractivity contribution >= 4 is 11.4 Å². The summed E-state index contributed by atoms with van der Waals surface area (Å²) in [6.45, 7) is 3.03. The van der Waals surface area contributed by atoms with E-state index in [1.807, 2.05) is 13.0 Å². The number of aliphatic imine (C=N–C) groups is 1. The van der Waals surface area contributed by atoms with E-state index in [9.17, 15) is 4.39 Å². The SMILES string of the molecule is CN=C1C=C(C)NC(N)(c2cc3c(c(C4=CCNC[C@H](F)C4)c2F)OCC3)N1. The highest BCUT2D eigenvalue weighted by molar-refractivity contribution is 5.95. The molecule has 0 aromatic heterocycles. The van der Waals surface area contributed by atoms with Gasteiger partial charge in [-0.05, 0) is 30.2 Å². The summed E-state index contributed by atoms with van der Waals surface area (Å²) in [6, 6.07) is 1.73. The Morgan fingerprint density at radius 2 is 2.18 bits per heavy atom. The average molecular weight is 389 g/mol. The molecular weight excluding hydrogens is 364 g/mol. The number of ether oxygens (including phenoxy) is 1. The number of hydrogen-bond donors (Lipinski definition) is 4. The molecule has 4 rings (SSSR count). The summed E-state index contributed by atoms with van der Waals surface area (Å²) in [5, 5.41) is 9.18. The fourth-order valence-electron chi connectivity index (χ4n) is 4.00. The molecule has 28 heavy (non-hydrogen) atoms. The topological polar surface area (TPSA) is 83.7 Å². The molecule has 1 unspecified atom stereocenters. The Hall–Kier alpha value is -2.45. The van der Waals surface area contributed by atoms with Crippen molar-refractivity contribution in [2.75, 3.05) is 26.7 Å². The largest absolute Gasteiger partial charge is 0.492 e. The molecule has 0 radical (unpaired) electrons. The monoisotopic (exact) mass is 389 g/mol. The number of amidine groups is 1. The molecule has 2 atom stereocenters. The predicted molar refractivity (Wildman–Crippen MR) is 105 cm³/mol. The van der Waals surface area contributed by atoms with Crippen LogP contribution in [0.5, 0.6) is 5.75 Å². The van der Waals surface area contributed by atoms with Crippen LogP contribution in [0, 0.1) is 5.82 Å². The maximum absolute atomic E-state index is 15.9. The van der Waals surface area contributed by atoms with Gasteiger partial charge in [0.2, 0.25) is 0 Å². The smallest absolute Gasteiger partial charge is 0.192 e. The lowest BCUT2D eigenvalue weighted by Gasteiger charge is -2.38. The summed E-state index contributed by atoms with van der Waals surface area (Å²) >= 11 is 0. The van der Waals surface area contributed by atoms with Crippen LogP contribution in [-0.2, 0) is 12.2 Å². The summed E-state index contributed by atoms with van der Waals surface area (Å²) < 4.78 is 35.8. The van der Waals surface area contributed by atoms with Gasteiger partial charge in [-0.15, -0.1) is 0 Å². The van der Waals surface area contributed by atoms with Crippen LogP contribution in [0.4, 0.5) is 8.78 Å². The molecule has 1 aromatic carbocycles. The van der Waals surface area contributed by atoms with Crippen LogP contribution in [0.25, 0.3) is 5.57 Å².